The van der Waals surface area contributed by atoms with Crippen molar-refractivity contribution in [3.05, 3.63) is 35.8 Å². The Labute approximate surface area is 75.8 Å². The molecule has 0 amide bonds. The number of nitrogens with zero attached hydrogens (tertiary/aromatic N) is 2. The van der Waals surface area contributed by atoms with Gasteiger partial charge in [0, 0.05) is 12.2 Å². The molecular weight excluding hydrogens is 164 g/mol. The van der Waals surface area contributed by atoms with E-state index in [4.69, 9.17) is 14.9 Å². The van der Waals surface area contributed by atoms with Crippen molar-refractivity contribution in [2.75, 3.05) is 0 Å². The zero-order valence-electron chi connectivity index (χ0n) is 6.77. The molecule has 0 atom stereocenters. The van der Waals surface area contributed by atoms with Crippen LogP contribution in [0.25, 0.3) is 12.2 Å². The van der Waals surface area contributed by atoms with E-state index in [1.165, 1.54) is 12.2 Å². The van der Waals surface area contributed by atoms with Crippen LogP contribution in [0, 0.1) is 22.7 Å². The van der Waals surface area contributed by atoms with Crippen molar-refractivity contribution in [3.8, 4) is 12.1 Å². The lowest BCUT2D eigenvalue weighted by molar-refractivity contribution is 0.547. The molecule has 0 saturated heterocycles. The van der Waals surface area contributed by atoms with E-state index < -0.39 is 0 Å². The summed E-state index contributed by atoms with van der Waals surface area (Å²) in [4.78, 5) is 0. The second-order valence-electron chi connectivity index (χ2n) is 2.16. The van der Waals surface area contributed by atoms with Gasteiger partial charge in [0.1, 0.15) is 11.5 Å². The summed E-state index contributed by atoms with van der Waals surface area (Å²) >= 11 is 0. The molecule has 0 N–H and O–H groups in total. The van der Waals surface area contributed by atoms with Gasteiger partial charge in [0.25, 0.3) is 0 Å². The second kappa shape index (κ2) is 4.58. The summed E-state index contributed by atoms with van der Waals surface area (Å²) in [5.41, 5.74) is 0. The van der Waals surface area contributed by atoms with Crippen LogP contribution in [0.3, 0.4) is 0 Å². The summed E-state index contributed by atoms with van der Waals surface area (Å²) in [5.74, 6) is 1.19. The lowest BCUT2D eigenvalue weighted by atomic mass is 10.4. The Bertz CT molecular complexity index is 374. The predicted octanol–water partition coefficient (Wildman–Crippen LogP) is 2.35. The number of hydrogen-bond acceptors (Lipinski definition) is 3. The van der Waals surface area contributed by atoms with Crippen LogP contribution in [0.2, 0.25) is 0 Å². The molecule has 1 aromatic rings. The summed E-state index contributed by atoms with van der Waals surface area (Å²) in [5, 5.41) is 16.5. The largest absolute Gasteiger partial charge is 0.457 e. The van der Waals surface area contributed by atoms with Gasteiger partial charge in [-0.1, -0.05) is 0 Å². The number of rotatable bonds is 2. The first-order valence-electron chi connectivity index (χ1n) is 3.59. The standard InChI is InChI=1S/C10H6N2O/c11-7-1-3-9-5-6-10(13-9)4-2-8-12/h1-6H. The molecular formula is C10H6N2O. The second-order valence-corrected chi connectivity index (χ2v) is 2.16. The summed E-state index contributed by atoms with van der Waals surface area (Å²) in [7, 11) is 0. The van der Waals surface area contributed by atoms with E-state index >= 15 is 0 Å². The lowest BCUT2D eigenvalue weighted by Gasteiger charge is -1.82. The van der Waals surface area contributed by atoms with Crippen molar-refractivity contribution in [3.63, 3.8) is 0 Å². The fourth-order valence-corrected chi connectivity index (χ4v) is 0.786. The predicted molar refractivity (Wildman–Crippen MR) is 48.0 cm³/mol. The van der Waals surface area contributed by atoms with Crippen molar-refractivity contribution in [2.45, 2.75) is 0 Å². The highest BCUT2D eigenvalue weighted by atomic mass is 16.3. The SMILES string of the molecule is N#CC=Cc1ccc(C=CC#N)o1. The first-order valence-corrected chi connectivity index (χ1v) is 3.59. The number of allylic oxidation sites excluding steroid dienone is 2. The van der Waals surface area contributed by atoms with Crippen molar-refractivity contribution < 1.29 is 4.42 Å². The molecule has 0 fully saturated rings. The van der Waals surface area contributed by atoms with Crippen LogP contribution in [0.15, 0.2) is 28.7 Å². The minimum atomic E-state index is 0.596. The zero-order chi connectivity index (χ0) is 9.52. The minimum Gasteiger partial charge on any atom is -0.457 e. The fraction of sp³-hybridized carbons (Fsp3) is 0. The number of nitriles is 2. The monoisotopic (exact) mass is 170 g/mol. The molecule has 1 heterocycles. The van der Waals surface area contributed by atoms with E-state index in [2.05, 4.69) is 0 Å². The van der Waals surface area contributed by atoms with Gasteiger partial charge in [-0.15, -0.1) is 0 Å². The van der Waals surface area contributed by atoms with E-state index in [9.17, 15) is 0 Å². The summed E-state index contributed by atoms with van der Waals surface area (Å²) in [6.07, 6.45) is 5.78. The molecule has 0 aliphatic carbocycles. The van der Waals surface area contributed by atoms with Gasteiger partial charge in [0.2, 0.25) is 0 Å². The third-order valence-electron chi connectivity index (χ3n) is 1.29. The summed E-state index contributed by atoms with van der Waals surface area (Å²) in [6.45, 7) is 0. The van der Waals surface area contributed by atoms with E-state index in [1.807, 2.05) is 12.1 Å². The smallest absolute Gasteiger partial charge is 0.128 e. The van der Waals surface area contributed by atoms with Gasteiger partial charge in [-0.2, -0.15) is 10.5 Å². The molecule has 0 unspecified atom stereocenters. The Morgan fingerprint density at radius 1 is 1.00 bits per heavy atom. The third kappa shape index (κ3) is 2.69. The maximum Gasteiger partial charge on any atom is 0.128 e. The highest BCUT2D eigenvalue weighted by molar-refractivity contribution is 5.52. The minimum absolute atomic E-state index is 0.596. The van der Waals surface area contributed by atoms with Crippen LogP contribution in [0.5, 0.6) is 0 Å². The third-order valence-corrected chi connectivity index (χ3v) is 1.29. The first kappa shape index (κ1) is 8.83. The quantitative estimate of drug-likeness (QED) is 0.640. The van der Waals surface area contributed by atoms with Crippen molar-refractivity contribution in [1.82, 2.24) is 0 Å². The molecule has 62 valence electrons. The van der Waals surface area contributed by atoms with E-state index in [1.54, 1.807) is 24.3 Å². The van der Waals surface area contributed by atoms with Gasteiger partial charge in [-0.05, 0) is 24.3 Å². The van der Waals surface area contributed by atoms with Crippen LogP contribution in [0.1, 0.15) is 11.5 Å². The fourth-order valence-electron chi connectivity index (χ4n) is 0.786. The summed E-state index contributed by atoms with van der Waals surface area (Å²) < 4.78 is 5.21. The van der Waals surface area contributed by atoms with Gasteiger partial charge >= 0.3 is 0 Å². The topological polar surface area (TPSA) is 60.7 Å². The van der Waals surface area contributed by atoms with Gasteiger partial charge < -0.3 is 4.42 Å². The molecule has 3 heteroatoms. The molecule has 0 saturated carbocycles. The lowest BCUT2D eigenvalue weighted by Crippen LogP contribution is -1.60. The average molecular weight is 170 g/mol. The summed E-state index contributed by atoms with van der Waals surface area (Å²) in [6, 6.07) is 7.17. The molecule has 0 aromatic carbocycles. The molecule has 1 rings (SSSR count). The van der Waals surface area contributed by atoms with Crippen molar-refractivity contribution >= 4 is 12.2 Å². The molecule has 0 aliphatic rings. The molecule has 1 aromatic heterocycles. The highest BCUT2D eigenvalue weighted by Gasteiger charge is 1.93. The molecule has 0 bridgehead atoms. The van der Waals surface area contributed by atoms with Gasteiger partial charge in [-0.3, -0.25) is 0 Å². The van der Waals surface area contributed by atoms with Gasteiger partial charge in [0.05, 0.1) is 12.1 Å². The Morgan fingerprint density at radius 3 is 1.85 bits per heavy atom. The zero-order valence-corrected chi connectivity index (χ0v) is 6.77. The average Bonchev–Trinajstić information content (AvgIpc) is 2.59. The Balaban J connectivity index is 2.77. The van der Waals surface area contributed by atoms with Gasteiger partial charge in [0.15, 0.2) is 0 Å². The van der Waals surface area contributed by atoms with Crippen molar-refractivity contribution in [1.29, 1.82) is 10.5 Å². The number of hydrogen-bond donors (Lipinski definition) is 0. The van der Waals surface area contributed by atoms with Crippen LogP contribution in [0.4, 0.5) is 0 Å². The normalized spacial score (nSPS) is 10.3. The van der Waals surface area contributed by atoms with E-state index in [0.29, 0.717) is 11.5 Å². The van der Waals surface area contributed by atoms with Crippen LogP contribution < -0.4 is 0 Å². The van der Waals surface area contributed by atoms with E-state index in [-0.39, 0.29) is 0 Å². The van der Waals surface area contributed by atoms with Crippen LogP contribution in [-0.2, 0) is 0 Å². The molecule has 0 aliphatic heterocycles. The molecule has 13 heavy (non-hydrogen) atoms. The Morgan fingerprint density at radius 2 is 1.46 bits per heavy atom. The van der Waals surface area contributed by atoms with Gasteiger partial charge in [-0.25, -0.2) is 0 Å². The molecule has 3 nitrogen and oxygen atoms in total. The maximum absolute atomic E-state index is 8.24. The first-order chi connectivity index (χ1) is 6.36. The Kier molecular flexibility index (Phi) is 3.11. The van der Waals surface area contributed by atoms with E-state index in [0.717, 1.165) is 0 Å². The number of furan rings is 1. The molecule has 0 spiro atoms. The van der Waals surface area contributed by atoms with Crippen molar-refractivity contribution in [2.24, 2.45) is 0 Å². The Hall–Kier alpha value is -2.26. The highest BCUT2D eigenvalue weighted by Crippen LogP contribution is 2.10. The maximum atomic E-state index is 8.24. The van der Waals surface area contributed by atoms with Crippen LogP contribution in [-0.4, -0.2) is 0 Å². The molecule has 0 radical (unpaired) electrons. The van der Waals surface area contributed by atoms with Crippen LogP contribution >= 0.6 is 0 Å².